The first-order valence-electron chi connectivity index (χ1n) is 7.53. The van der Waals surface area contributed by atoms with Crippen molar-refractivity contribution < 1.29 is 14.6 Å². The smallest absolute Gasteiger partial charge is 0.255 e. The van der Waals surface area contributed by atoms with E-state index in [1.54, 1.807) is 29.2 Å². The molecular weight excluding hydrogens is 314 g/mol. The van der Waals surface area contributed by atoms with Crippen LogP contribution in [0, 0.1) is 0 Å². The zero-order valence-electron chi connectivity index (χ0n) is 12.6. The van der Waals surface area contributed by atoms with Gasteiger partial charge in [-0.25, -0.2) is 0 Å². The molecule has 120 valence electrons. The lowest BCUT2D eigenvalue weighted by Crippen LogP contribution is -2.49. The number of ether oxygens (including phenoxy) is 1. The van der Waals surface area contributed by atoms with Crippen molar-refractivity contribution in [1.29, 1.82) is 0 Å². The normalized spacial score (nSPS) is 19.7. The van der Waals surface area contributed by atoms with Gasteiger partial charge in [-0.15, -0.1) is 0 Å². The van der Waals surface area contributed by atoms with Gasteiger partial charge >= 0.3 is 0 Å². The predicted molar refractivity (Wildman–Crippen MR) is 88.0 cm³/mol. The number of carbonyl (C=O) groups is 1. The highest BCUT2D eigenvalue weighted by Crippen LogP contribution is 2.25. The van der Waals surface area contributed by atoms with Gasteiger partial charge in [0.05, 0.1) is 6.61 Å². The van der Waals surface area contributed by atoms with Crippen LogP contribution in [0.25, 0.3) is 0 Å². The third-order valence-corrected chi connectivity index (χ3v) is 4.18. The first kappa shape index (κ1) is 16.0. The molecule has 2 atom stereocenters. The number of hydrogen-bond donors (Lipinski definition) is 1. The van der Waals surface area contributed by atoms with Crippen molar-refractivity contribution in [2.75, 3.05) is 13.2 Å². The number of hydrogen-bond acceptors (Lipinski definition) is 3. The Labute approximate surface area is 140 Å². The number of rotatable bonds is 4. The highest BCUT2D eigenvalue weighted by atomic mass is 35.5. The molecule has 1 N–H and O–H groups in total. The van der Waals surface area contributed by atoms with Crippen molar-refractivity contribution in [3.8, 4) is 0 Å². The summed E-state index contributed by atoms with van der Waals surface area (Å²) < 4.78 is 5.53. The Morgan fingerprint density at radius 2 is 1.87 bits per heavy atom. The third kappa shape index (κ3) is 3.72. The number of aliphatic hydroxyl groups excluding tert-OH is 1. The number of morpholine rings is 1. The van der Waals surface area contributed by atoms with E-state index in [0.717, 1.165) is 5.56 Å². The van der Waals surface area contributed by atoms with Crippen molar-refractivity contribution >= 4 is 17.5 Å². The molecule has 1 amide bonds. The summed E-state index contributed by atoms with van der Waals surface area (Å²) in [4.78, 5) is 14.4. The van der Waals surface area contributed by atoms with E-state index in [4.69, 9.17) is 16.3 Å². The van der Waals surface area contributed by atoms with Crippen LogP contribution in [0.3, 0.4) is 0 Å². The molecule has 3 rings (SSSR count). The van der Waals surface area contributed by atoms with Gasteiger partial charge in [0.15, 0.2) is 6.10 Å². The minimum Gasteiger partial charge on any atom is -0.385 e. The molecule has 0 bridgehead atoms. The Bertz CT molecular complexity index is 660. The fourth-order valence-electron chi connectivity index (χ4n) is 2.67. The lowest BCUT2D eigenvalue weighted by Gasteiger charge is -2.34. The predicted octanol–water partition coefficient (Wildman–Crippen LogP) is 2.80. The number of amides is 1. The minimum absolute atomic E-state index is 0.192. The lowest BCUT2D eigenvalue weighted by atomic mass is 10.0. The monoisotopic (exact) mass is 331 g/mol. The fourth-order valence-corrected chi connectivity index (χ4v) is 2.80. The molecule has 4 nitrogen and oxygen atoms in total. The maximum Gasteiger partial charge on any atom is 0.255 e. The molecule has 0 radical (unpaired) electrons. The number of benzene rings is 2. The molecule has 0 aromatic heterocycles. The van der Waals surface area contributed by atoms with Crippen LogP contribution < -0.4 is 0 Å². The van der Waals surface area contributed by atoms with E-state index in [1.807, 2.05) is 30.3 Å². The zero-order valence-corrected chi connectivity index (χ0v) is 13.3. The topological polar surface area (TPSA) is 49.8 Å². The van der Waals surface area contributed by atoms with Gasteiger partial charge in [-0.05, 0) is 23.3 Å². The summed E-state index contributed by atoms with van der Waals surface area (Å²) in [5.74, 6) is -0.192. The summed E-state index contributed by atoms with van der Waals surface area (Å²) in [5, 5.41) is 11.1. The van der Waals surface area contributed by atoms with Gasteiger partial charge in [0.2, 0.25) is 0 Å². The Morgan fingerprint density at radius 3 is 2.57 bits per heavy atom. The molecule has 1 aliphatic heterocycles. The van der Waals surface area contributed by atoms with Gasteiger partial charge in [0.25, 0.3) is 5.91 Å². The Kier molecular flexibility index (Phi) is 4.96. The van der Waals surface area contributed by atoms with Gasteiger partial charge in [-0.2, -0.15) is 0 Å². The summed E-state index contributed by atoms with van der Waals surface area (Å²) in [6.45, 7) is 1.46. The Hall–Kier alpha value is -1.88. The second kappa shape index (κ2) is 7.13. The largest absolute Gasteiger partial charge is 0.385 e. The SMILES string of the molecule is O=C1[C@@H]([C@@H](O)c2ccc(Cl)cc2)OCCN1Cc1ccccc1. The van der Waals surface area contributed by atoms with Crippen molar-refractivity contribution in [2.24, 2.45) is 0 Å². The van der Waals surface area contributed by atoms with E-state index in [1.165, 1.54) is 0 Å². The fraction of sp³-hybridized carbons (Fsp3) is 0.278. The number of carbonyl (C=O) groups excluding carboxylic acids is 1. The Balaban J connectivity index is 1.72. The molecule has 0 unspecified atom stereocenters. The number of aliphatic hydroxyl groups is 1. The summed E-state index contributed by atoms with van der Waals surface area (Å²) in [7, 11) is 0. The van der Waals surface area contributed by atoms with Crippen LogP contribution in [0.15, 0.2) is 54.6 Å². The van der Waals surface area contributed by atoms with Gasteiger partial charge in [0.1, 0.15) is 6.10 Å². The van der Waals surface area contributed by atoms with Crippen LogP contribution in [-0.4, -0.2) is 35.2 Å². The highest BCUT2D eigenvalue weighted by molar-refractivity contribution is 6.30. The van der Waals surface area contributed by atoms with E-state index in [0.29, 0.717) is 30.3 Å². The van der Waals surface area contributed by atoms with Gasteiger partial charge < -0.3 is 14.7 Å². The molecule has 23 heavy (non-hydrogen) atoms. The second-order valence-corrected chi connectivity index (χ2v) is 5.97. The van der Waals surface area contributed by atoms with Gasteiger partial charge in [0, 0.05) is 18.1 Å². The molecular formula is C18H18ClNO3. The van der Waals surface area contributed by atoms with Gasteiger partial charge in [-0.1, -0.05) is 54.1 Å². The maximum atomic E-state index is 12.6. The molecule has 0 aliphatic carbocycles. The van der Waals surface area contributed by atoms with Crippen LogP contribution in [0.2, 0.25) is 5.02 Å². The number of nitrogens with zero attached hydrogens (tertiary/aromatic N) is 1. The first-order chi connectivity index (χ1) is 11.1. The van der Waals surface area contributed by atoms with E-state index >= 15 is 0 Å². The molecule has 0 saturated carbocycles. The molecule has 5 heteroatoms. The molecule has 1 aliphatic rings. The van der Waals surface area contributed by atoms with Crippen LogP contribution in [0.1, 0.15) is 17.2 Å². The van der Waals surface area contributed by atoms with Crippen LogP contribution in [-0.2, 0) is 16.1 Å². The molecule has 0 spiro atoms. The summed E-state index contributed by atoms with van der Waals surface area (Å²) >= 11 is 5.86. The molecule has 2 aromatic rings. The van der Waals surface area contributed by atoms with Crippen LogP contribution in [0.5, 0.6) is 0 Å². The van der Waals surface area contributed by atoms with Crippen LogP contribution >= 0.6 is 11.6 Å². The number of halogens is 1. The zero-order chi connectivity index (χ0) is 16.2. The van der Waals surface area contributed by atoms with E-state index in [2.05, 4.69) is 0 Å². The van der Waals surface area contributed by atoms with Crippen molar-refractivity contribution in [3.05, 3.63) is 70.7 Å². The van der Waals surface area contributed by atoms with Crippen LogP contribution in [0.4, 0.5) is 0 Å². The van der Waals surface area contributed by atoms with E-state index in [-0.39, 0.29) is 5.91 Å². The summed E-state index contributed by atoms with van der Waals surface area (Å²) in [6, 6.07) is 16.6. The molecule has 2 aromatic carbocycles. The first-order valence-corrected chi connectivity index (χ1v) is 7.91. The van der Waals surface area contributed by atoms with Crippen molar-refractivity contribution in [3.63, 3.8) is 0 Å². The van der Waals surface area contributed by atoms with E-state index < -0.39 is 12.2 Å². The molecule has 1 fully saturated rings. The Morgan fingerprint density at radius 1 is 1.17 bits per heavy atom. The standard InChI is InChI=1S/C18H18ClNO3/c19-15-8-6-14(7-9-15)16(21)17-18(22)20(10-11-23-17)12-13-4-2-1-3-5-13/h1-9,16-17,21H,10-12H2/t16-,17+/m0/s1. The minimum atomic E-state index is -1.00. The van der Waals surface area contributed by atoms with Crippen molar-refractivity contribution in [1.82, 2.24) is 4.90 Å². The highest BCUT2D eigenvalue weighted by Gasteiger charge is 2.35. The maximum absolute atomic E-state index is 12.6. The average Bonchev–Trinajstić information content (AvgIpc) is 2.58. The second-order valence-electron chi connectivity index (χ2n) is 5.53. The van der Waals surface area contributed by atoms with Crippen molar-refractivity contribution in [2.45, 2.75) is 18.8 Å². The third-order valence-electron chi connectivity index (χ3n) is 3.93. The summed E-state index contributed by atoms with van der Waals surface area (Å²) in [6.07, 6.45) is -1.88. The summed E-state index contributed by atoms with van der Waals surface area (Å²) in [5.41, 5.74) is 1.68. The van der Waals surface area contributed by atoms with Gasteiger partial charge in [-0.3, -0.25) is 4.79 Å². The average molecular weight is 332 g/mol. The lowest BCUT2D eigenvalue weighted by molar-refractivity contribution is -0.164. The molecule has 1 heterocycles. The molecule has 1 saturated heterocycles. The quantitative estimate of drug-likeness (QED) is 0.937. The van der Waals surface area contributed by atoms with E-state index in [9.17, 15) is 9.90 Å².